The number of nitrogens with zero attached hydrogens (tertiary/aromatic N) is 4. The second-order valence-corrected chi connectivity index (χ2v) is 19.9. The fraction of sp³-hybridized carbons (Fsp3) is 0.478. The molecule has 1 aromatic carbocycles. The van der Waals surface area contributed by atoms with Crippen LogP contribution in [-0.4, -0.2) is 131 Å². The van der Waals surface area contributed by atoms with Crippen LogP contribution in [-0.2, 0) is 51.8 Å². The van der Waals surface area contributed by atoms with E-state index in [1.807, 2.05) is 38.1 Å². The third-order valence-corrected chi connectivity index (χ3v) is 12.8. The fourth-order valence-electron chi connectivity index (χ4n) is 8.65. The van der Waals surface area contributed by atoms with Gasteiger partial charge in [-0.3, -0.25) is 23.7 Å². The summed E-state index contributed by atoms with van der Waals surface area (Å²) in [5.74, 6) is -4.95. The number of carbonyl (C=O) groups excluding carboxylic acids is 5. The lowest BCUT2D eigenvalue weighted by Gasteiger charge is -2.36. The number of Topliss-reactive ketones (excluding diaryl/α,β-unsaturated/α-hetero) is 1. The Morgan fingerprint density at radius 2 is 1.71 bits per heavy atom. The van der Waals surface area contributed by atoms with E-state index in [1.54, 1.807) is 36.4 Å². The number of carbonyl (C=O) groups is 5. The van der Waals surface area contributed by atoms with Gasteiger partial charge in [-0.1, -0.05) is 12.1 Å². The Hall–Kier alpha value is -5.73. The molecular weight excluding hydrogens is 877 g/mol. The number of rotatable bonds is 23. The number of hydrogen-bond donors (Lipinski definition) is 3. The second kappa shape index (κ2) is 20.8. The molecule has 1 fully saturated rings. The van der Waals surface area contributed by atoms with Crippen LogP contribution in [0.3, 0.4) is 0 Å². The first kappa shape index (κ1) is 49.7. The van der Waals surface area contributed by atoms with Crippen molar-refractivity contribution in [2.75, 3.05) is 46.6 Å². The maximum absolute atomic E-state index is 17.1. The number of amides is 3. The Labute approximate surface area is 384 Å². The highest BCUT2D eigenvalue weighted by Gasteiger charge is 2.56. The van der Waals surface area contributed by atoms with Crippen LogP contribution in [0.4, 0.5) is 8.63 Å². The molecule has 0 saturated carbocycles. The number of aromatic nitrogens is 2. The number of hydrogen-bond acceptors (Lipinski definition) is 9. The number of fused-ring (bicyclic) bond motifs is 2. The van der Waals surface area contributed by atoms with Crippen LogP contribution in [0.25, 0.3) is 17.5 Å². The van der Waals surface area contributed by atoms with Gasteiger partial charge >= 0.3 is 12.9 Å². The number of halogens is 2. The average molecular weight is 938 g/mol. The van der Waals surface area contributed by atoms with Crippen molar-refractivity contribution in [2.45, 2.75) is 90.5 Å². The van der Waals surface area contributed by atoms with Crippen molar-refractivity contribution in [1.29, 1.82) is 0 Å². The van der Waals surface area contributed by atoms with E-state index in [9.17, 15) is 36.9 Å². The molecule has 5 heterocycles. The summed E-state index contributed by atoms with van der Waals surface area (Å²) in [5, 5.41) is 2.97. The lowest BCUT2D eigenvalue weighted by atomic mass is 9.84. The minimum absolute atomic E-state index is 0.0239. The number of benzene rings is 1. The van der Waals surface area contributed by atoms with Crippen LogP contribution >= 0.6 is 0 Å². The summed E-state index contributed by atoms with van der Waals surface area (Å²) < 4.78 is 76.1. The van der Waals surface area contributed by atoms with Gasteiger partial charge < -0.3 is 42.0 Å². The molecule has 66 heavy (non-hydrogen) atoms. The number of imide groups is 1. The summed E-state index contributed by atoms with van der Waals surface area (Å²) in [6.45, 7) is 0.687. The summed E-state index contributed by atoms with van der Waals surface area (Å²) in [7, 11) is 1.79. The molecule has 16 nitrogen and oxygen atoms in total. The van der Waals surface area contributed by atoms with Crippen LogP contribution in [0, 0.1) is 12.8 Å². The first-order valence-electron chi connectivity index (χ1n) is 22.4. The molecule has 2 unspecified atom stereocenters. The summed E-state index contributed by atoms with van der Waals surface area (Å²) >= 11 is 0. The van der Waals surface area contributed by atoms with Gasteiger partial charge in [0, 0.05) is 75.0 Å². The fourth-order valence-corrected chi connectivity index (χ4v) is 9.43. The highest BCUT2D eigenvalue weighted by Crippen LogP contribution is 2.39. The Bertz CT molecular complexity index is 2530. The molecule has 2 atom stereocenters. The molecule has 3 amide bonds. The van der Waals surface area contributed by atoms with E-state index in [2.05, 4.69) is 31.4 Å². The van der Waals surface area contributed by atoms with E-state index < -0.39 is 70.7 Å². The number of aryl methyl sites for hydroxylation is 2. The molecular formula is C46H60BF2N6O10S+. The molecule has 3 N–H and O–H groups in total. The summed E-state index contributed by atoms with van der Waals surface area (Å²) in [6.07, 6.45) is 7.48. The van der Waals surface area contributed by atoms with Gasteiger partial charge in [0.15, 0.2) is 5.71 Å². The third-order valence-electron chi connectivity index (χ3n) is 11.9. The Kier molecular flexibility index (Phi) is 15.7. The van der Waals surface area contributed by atoms with Gasteiger partial charge in [-0.2, -0.15) is 8.42 Å². The zero-order valence-corrected chi connectivity index (χ0v) is 39.0. The van der Waals surface area contributed by atoms with Crippen molar-refractivity contribution >= 4 is 58.3 Å². The number of unbranched alkanes of at least 4 members (excludes halogenated alkanes) is 1. The van der Waals surface area contributed by atoms with Gasteiger partial charge in [0.05, 0.1) is 51.7 Å². The number of nitrogens with one attached hydrogen (secondary N) is 2. The summed E-state index contributed by atoms with van der Waals surface area (Å²) in [5.41, 5.74) is 5.76. The zero-order chi connectivity index (χ0) is 48.0. The van der Waals surface area contributed by atoms with Crippen molar-refractivity contribution < 1.29 is 64.1 Å². The minimum Gasteiger partial charge on any atom is -0.494 e. The van der Waals surface area contributed by atoms with Crippen LogP contribution in [0.2, 0.25) is 0 Å². The highest BCUT2D eigenvalue weighted by molar-refractivity contribution is 7.85. The number of allylic oxidation sites excluding steroid dienone is 2. The van der Waals surface area contributed by atoms with Crippen molar-refractivity contribution in [3.8, 4) is 17.1 Å². The molecule has 356 valence electrons. The zero-order valence-electron chi connectivity index (χ0n) is 38.2. The SMILES string of the molecule is CC1=CC(/C=C/c2ccc(OCCCC(=O)CC(CS(=O)(=O)O)C(=O)NCCCCC(=O)ON3C(=O)CCC3=O)cc2)=[N+]2C1Cc1c(CCC[N+](C)(C)C)cc(-c3ccc(C)[nH]3)n1[B-]2(F)F. The largest absolute Gasteiger partial charge is 0.732 e. The molecule has 0 bridgehead atoms. The van der Waals surface area contributed by atoms with E-state index in [4.69, 9.17) is 9.57 Å². The van der Waals surface area contributed by atoms with E-state index in [1.165, 1.54) is 8.96 Å². The number of H-pyrrole nitrogens is 1. The topological polar surface area (TPSA) is 197 Å². The number of ether oxygens (including phenoxy) is 1. The van der Waals surface area contributed by atoms with Crippen LogP contribution in [0.15, 0.2) is 60.2 Å². The molecule has 3 aromatic rings. The predicted octanol–water partition coefficient (Wildman–Crippen LogP) is 5.22. The molecule has 3 aliphatic rings. The molecule has 2 aromatic heterocycles. The van der Waals surface area contributed by atoms with Gasteiger partial charge in [-0.05, 0) is 98.3 Å². The van der Waals surface area contributed by atoms with Crippen LogP contribution in [0.5, 0.6) is 5.75 Å². The van der Waals surface area contributed by atoms with Crippen LogP contribution < -0.4 is 10.1 Å². The number of ketones is 1. The van der Waals surface area contributed by atoms with Gasteiger partial charge in [0.1, 0.15) is 17.6 Å². The Morgan fingerprint density at radius 3 is 2.36 bits per heavy atom. The lowest BCUT2D eigenvalue weighted by molar-refractivity contribution is -0.870. The second-order valence-electron chi connectivity index (χ2n) is 18.4. The first-order chi connectivity index (χ1) is 31.1. The van der Waals surface area contributed by atoms with Crippen molar-refractivity contribution in [3.63, 3.8) is 0 Å². The summed E-state index contributed by atoms with van der Waals surface area (Å²) in [6, 6.07) is 12.3. The number of hydroxylamine groups is 2. The molecule has 1 saturated heterocycles. The molecule has 3 aliphatic heterocycles. The Morgan fingerprint density at radius 1 is 1.00 bits per heavy atom. The number of quaternary nitrogens is 1. The summed E-state index contributed by atoms with van der Waals surface area (Å²) in [4.78, 5) is 68.9. The number of aromatic amines is 1. The molecule has 0 radical (unpaired) electrons. The Balaban J connectivity index is 1.000. The molecule has 20 heteroatoms. The highest BCUT2D eigenvalue weighted by atomic mass is 32.2. The standard InChI is InChI=1S/C46H59BF2N6O10S/c1-31-26-36(52-40(31)29-41-34(10-8-24-55(3,4)5)28-42(53(41)47(52,48)49)39-20-13-32(2)51-39)17-14-33-15-18-38(19-16-33)64-25-9-11-37(56)27-35(30-66(61,62)63)46(60)50-23-7-6-12-45(59)65-54-43(57)21-22-44(54)58/h13-20,26,28,35,40,51H,6-12,21-25,27,29-30H2,1-5H3,(H-,50,60,61,62,63)/p+1/b17-14+. The van der Waals surface area contributed by atoms with Gasteiger partial charge in [-0.25, -0.2) is 4.79 Å². The van der Waals surface area contributed by atoms with Crippen molar-refractivity contribution in [3.05, 3.63) is 82.7 Å². The van der Waals surface area contributed by atoms with E-state index in [0.717, 1.165) is 39.8 Å². The van der Waals surface area contributed by atoms with Gasteiger partial charge in [0.2, 0.25) is 5.91 Å². The minimum atomic E-state index is -4.60. The maximum Gasteiger partial charge on any atom is 0.732 e. The van der Waals surface area contributed by atoms with Crippen LogP contribution in [0.1, 0.15) is 87.2 Å². The maximum atomic E-state index is 17.1. The molecule has 0 spiro atoms. The van der Waals surface area contributed by atoms with Gasteiger partial charge in [0.25, 0.3) is 21.9 Å². The normalized spacial score (nSPS) is 17.5. The smallest absolute Gasteiger partial charge is 0.494 e. The molecule has 6 rings (SSSR count). The quantitative estimate of drug-likeness (QED) is 0.0373. The first-order valence-corrected chi connectivity index (χ1v) is 24.0. The third kappa shape index (κ3) is 12.8. The van der Waals surface area contributed by atoms with Crippen molar-refractivity contribution in [1.82, 2.24) is 19.8 Å². The van der Waals surface area contributed by atoms with E-state index in [-0.39, 0.29) is 58.1 Å². The van der Waals surface area contributed by atoms with E-state index >= 15 is 8.63 Å². The molecule has 0 aliphatic carbocycles. The predicted molar refractivity (Wildman–Crippen MR) is 244 cm³/mol. The average Bonchev–Trinajstić information content (AvgIpc) is 4.00. The lowest BCUT2D eigenvalue weighted by Crippen LogP contribution is -2.57. The van der Waals surface area contributed by atoms with Crippen molar-refractivity contribution in [2.24, 2.45) is 5.92 Å². The van der Waals surface area contributed by atoms with E-state index in [0.29, 0.717) is 46.4 Å². The van der Waals surface area contributed by atoms with Gasteiger partial charge in [-0.15, -0.1) is 5.06 Å². The monoisotopic (exact) mass is 937 g/mol.